The number of aliphatic imine (C=N–C) groups is 1. The zero-order valence-electron chi connectivity index (χ0n) is 14.8. The molecule has 126 valence electrons. The van der Waals surface area contributed by atoms with E-state index in [9.17, 15) is 0 Å². The molecule has 4 rings (SSSR count). The molecular weight excluding hydrogens is 294 g/mol. The molecule has 0 bridgehead atoms. The molecule has 1 aromatic carbocycles. The van der Waals surface area contributed by atoms with Crippen LogP contribution in [0.2, 0.25) is 0 Å². The minimum Gasteiger partial charge on any atom is -0.306 e. The van der Waals surface area contributed by atoms with Crippen LogP contribution in [0.15, 0.2) is 35.3 Å². The Morgan fingerprint density at radius 1 is 1.04 bits per heavy atom. The van der Waals surface area contributed by atoms with Crippen LogP contribution in [-0.4, -0.2) is 42.3 Å². The zero-order valence-corrected chi connectivity index (χ0v) is 14.8. The smallest absolute Gasteiger partial charge is 0.0712 e. The summed E-state index contributed by atoms with van der Waals surface area (Å²) in [4.78, 5) is 12.2. The number of piperidine rings is 1. The maximum absolute atomic E-state index is 5.02. The van der Waals surface area contributed by atoms with Gasteiger partial charge in [0.15, 0.2) is 0 Å². The average molecular weight is 321 g/mol. The van der Waals surface area contributed by atoms with Gasteiger partial charge in [0, 0.05) is 29.3 Å². The first-order valence-electron chi connectivity index (χ1n) is 9.32. The largest absolute Gasteiger partial charge is 0.306 e. The fourth-order valence-electron chi connectivity index (χ4n) is 3.90. The molecule has 1 unspecified atom stereocenters. The van der Waals surface area contributed by atoms with E-state index in [1.54, 1.807) is 0 Å². The molecule has 3 heterocycles. The van der Waals surface area contributed by atoms with Crippen LogP contribution in [0.3, 0.4) is 0 Å². The summed E-state index contributed by atoms with van der Waals surface area (Å²) < 4.78 is 0. The molecule has 0 radical (unpaired) electrons. The normalized spacial score (nSPS) is 23.4. The maximum Gasteiger partial charge on any atom is 0.0712 e. The molecule has 0 saturated carbocycles. The number of benzene rings is 1. The van der Waals surface area contributed by atoms with E-state index in [1.807, 2.05) is 0 Å². The summed E-state index contributed by atoms with van der Waals surface area (Å²) >= 11 is 0. The first-order chi connectivity index (χ1) is 11.7. The molecule has 1 aromatic heterocycles. The Morgan fingerprint density at radius 2 is 1.83 bits per heavy atom. The molecule has 24 heavy (non-hydrogen) atoms. The maximum atomic E-state index is 5.02. The average Bonchev–Trinajstić information content (AvgIpc) is 2.62. The highest BCUT2D eigenvalue weighted by atomic mass is 15.1. The highest BCUT2D eigenvalue weighted by molar-refractivity contribution is 6.03. The van der Waals surface area contributed by atoms with Gasteiger partial charge in [-0.15, -0.1) is 0 Å². The summed E-state index contributed by atoms with van der Waals surface area (Å²) in [7, 11) is 2.21. The van der Waals surface area contributed by atoms with Crippen LogP contribution < -0.4 is 0 Å². The molecule has 0 aliphatic carbocycles. The van der Waals surface area contributed by atoms with Crippen molar-refractivity contribution in [2.24, 2.45) is 10.9 Å². The topological polar surface area (TPSA) is 28.5 Å². The summed E-state index contributed by atoms with van der Waals surface area (Å²) in [5.74, 6) is 1.34. The van der Waals surface area contributed by atoms with Crippen LogP contribution in [0.5, 0.6) is 0 Å². The zero-order chi connectivity index (χ0) is 16.5. The molecular formula is C21H27N3. The van der Waals surface area contributed by atoms with Crippen molar-refractivity contribution in [3.8, 4) is 0 Å². The Labute approximate surface area is 144 Å². The fraction of sp³-hybridized carbons (Fsp3) is 0.524. The van der Waals surface area contributed by atoms with Gasteiger partial charge in [0.25, 0.3) is 0 Å². The van der Waals surface area contributed by atoms with E-state index in [4.69, 9.17) is 9.98 Å². The summed E-state index contributed by atoms with van der Waals surface area (Å²) in [5, 5.41) is 1.24. The van der Waals surface area contributed by atoms with E-state index in [0.29, 0.717) is 5.92 Å². The number of pyridine rings is 1. The molecule has 1 fully saturated rings. The van der Waals surface area contributed by atoms with Crippen molar-refractivity contribution >= 4 is 16.6 Å². The Hall–Kier alpha value is -1.74. The number of rotatable bonds is 2. The lowest BCUT2D eigenvalue weighted by Crippen LogP contribution is -2.29. The molecule has 0 N–H and O–H groups in total. The van der Waals surface area contributed by atoms with Crippen LogP contribution in [0, 0.1) is 5.92 Å². The third-order valence-corrected chi connectivity index (χ3v) is 5.65. The molecule has 2 aliphatic rings. The molecule has 0 amide bonds. The Bertz CT molecular complexity index is 757. The van der Waals surface area contributed by atoms with Crippen molar-refractivity contribution in [1.82, 2.24) is 9.88 Å². The number of nitrogens with zero attached hydrogens (tertiary/aromatic N) is 3. The molecule has 1 atom stereocenters. The number of hydrogen-bond acceptors (Lipinski definition) is 3. The predicted octanol–water partition coefficient (Wildman–Crippen LogP) is 4.26. The molecule has 1 saturated heterocycles. The van der Waals surface area contributed by atoms with Gasteiger partial charge in [-0.05, 0) is 69.4 Å². The summed E-state index contributed by atoms with van der Waals surface area (Å²) in [6.45, 7) is 5.62. The summed E-state index contributed by atoms with van der Waals surface area (Å²) in [6, 6.07) is 11.1. The lowest BCUT2D eigenvalue weighted by molar-refractivity contribution is 0.253. The number of aromatic nitrogens is 1. The molecule has 0 spiro atoms. The van der Waals surface area contributed by atoms with Gasteiger partial charge >= 0.3 is 0 Å². The molecule has 2 aliphatic heterocycles. The van der Waals surface area contributed by atoms with E-state index >= 15 is 0 Å². The summed E-state index contributed by atoms with van der Waals surface area (Å²) in [6.07, 6.45) is 4.79. The summed E-state index contributed by atoms with van der Waals surface area (Å²) in [5.41, 5.74) is 4.93. The SMILES string of the molecule is CC1CCC(c2ccc3ccc(C4CCN(C)CC4)nc3c2)=NC1. The second-order valence-electron chi connectivity index (χ2n) is 7.65. The van der Waals surface area contributed by atoms with Crippen molar-refractivity contribution in [2.75, 3.05) is 26.7 Å². The van der Waals surface area contributed by atoms with Crippen molar-refractivity contribution in [3.63, 3.8) is 0 Å². The Morgan fingerprint density at radius 3 is 2.58 bits per heavy atom. The number of hydrogen-bond donors (Lipinski definition) is 0. The van der Waals surface area contributed by atoms with Crippen LogP contribution >= 0.6 is 0 Å². The fourth-order valence-corrected chi connectivity index (χ4v) is 3.90. The Balaban J connectivity index is 1.63. The van der Waals surface area contributed by atoms with Gasteiger partial charge in [-0.25, -0.2) is 0 Å². The van der Waals surface area contributed by atoms with E-state index in [-0.39, 0.29) is 0 Å². The first-order valence-corrected chi connectivity index (χ1v) is 9.32. The van der Waals surface area contributed by atoms with Gasteiger partial charge in [-0.2, -0.15) is 0 Å². The van der Waals surface area contributed by atoms with Gasteiger partial charge in [-0.1, -0.05) is 25.1 Å². The van der Waals surface area contributed by atoms with Crippen LogP contribution in [0.4, 0.5) is 0 Å². The van der Waals surface area contributed by atoms with E-state index < -0.39 is 0 Å². The van der Waals surface area contributed by atoms with Gasteiger partial charge in [-0.3, -0.25) is 9.98 Å². The van der Waals surface area contributed by atoms with Gasteiger partial charge in [0.1, 0.15) is 0 Å². The van der Waals surface area contributed by atoms with E-state index in [1.165, 1.54) is 54.7 Å². The van der Waals surface area contributed by atoms with Gasteiger partial charge in [0.05, 0.1) is 5.52 Å². The highest BCUT2D eigenvalue weighted by Gasteiger charge is 2.20. The molecule has 2 aromatic rings. The minimum atomic E-state index is 0.613. The number of likely N-dealkylation sites (tertiary alicyclic amines) is 1. The minimum absolute atomic E-state index is 0.613. The third kappa shape index (κ3) is 3.23. The molecule has 3 nitrogen and oxygen atoms in total. The van der Waals surface area contributed by atoms with Crippen molar-refractivity contribution < 1.29 is 0 Å². The van der Waals surface area contributed by atoms with Crippen molar-refractivity contribution in [3.05, 3.63) is 41.6 Å². The first kappa shape index (κ1) is 15.8. The predicted molar refractivity (Wildman–Crippen MR) is 101 cm³/mol. The van der Waals surface area contributed by atoms with E-state index in [0.717, 1.165) is 24.4 Å². The second-order valence-corrected chi connectivity index (χ2v) is 7.65. The van der Waals surface area contributed by atoms with Crippen molar-refractivity contribution in [1.29, 1.82) is 0 Å². The number of fused-ring (bicyclic) bond motifs is 1. The van der Waals surface area contributed by atoms with E-state index in [2.05, 4.69) is 49.2 Å². The van der Waals surface area contributed by atoms with Crippen LogP contribution in [0.25, 0.3) is 10.9 Å². The second kappa shape index (κ2) is 6.64. The highest BCUT2D eigenvalue weighted by Crippen LogP contribution is 2.28. The van der Waals surface area contributed by atoms with Gasteiger partial charge in [0.2, 0.25) is 0 Å². The third-order valence-electron chi connectivity index (χ3n) is 5.65. The lowest BCUT2D eigenvalue weighted by Gasteiger charge is -2.28. The van der Waals surface area contributed by atoms with Crippen molar-refractivity contribution in [2.45, 2.75) is 38.5 Å². The van der Waals surface area contributed by atoms with Crippen LogP contribution in [-0.2, 0) is 0 Å². The Kier molecular flexibility index (Phi) is 4.36. The standard InChI is InChI=1S/C21H27N3/c1-15-3-7-19(22-14-15)18-5-4-16-6-8-20(23-21(16)13-18)17-9-11-24(2)12-10-17/h4-6,8,13,15,17H,3,7,9-12,14H2,1-2H3. The van der Waals surface area contributed by atoms with Crippen LogP contribution in [0.1, 0.15) is 49.8 Å². The lowest BCUT2D eigenvalue weighted by atomic mass is 9.92. The van der Waals surface area contributed by atoms with Gasteiger partial charge < -0.3 is 4.90 Å². The quantitative estimate of drug-likeness (QED) is 0.826. The monoisotopic (exact) mass is 321 g/mol. The molecule has 3 heteroatoms.